The van der Waals surface area contributed by atoms with Crippen LogP contribution in [0.4, 0.5) is 0 Å². The van der Waals surface area contributed by atoms with Gasteiger partial charge in [-0.15, -0.1) is 0 Å². The van der Waals surface area contributed by atoms with E-state index in [1.807, 2.05) is 0 Å². The van der Waals surface area contributed by atoms with Crippen LogP contribution in [-0.4, -0.2) is 52.3 Å². The van der Waals surface area contributed by atoms with Gasteiger partial charge in [0.25, 0.3) is 0 Å². The number of carboxylic acid groups (broad SMARTS) is 2. The van der Waals surface area contributed by atoms with Crippen LogP contribution in [0.3, 0.4) is 0 Å². The molecule has 0 spiro atoms. The zero-order valence-electron chi connectivity index (χ0n) is 5.97. The van der Waals surface area contributed by atoms with Gasteiger partial charge in [0.1, 0.15) is 0 Å². The molecule has 0 aliphatic heterocycles. The largest absolute Gasteiger partial charge is 2.00 e. The predicted molar refractivity (Wildman–Crippen MR) is 33.0 cm³/mol. The summed E-state index contributed by atoms with van der Waals surface area (Å²) in [5.74, 6) is -3.10. The fourth-order valence-corrected chi connectivity index (χ4v) is 0. The number of carboxylic acids is 2. The molecule has 0 rings (SSSR count). The molecular formula is C4H7AlNO6. The van der Waals surface area contributed by atoms with Crippen LogP contribution in [-0.2, 0) is 9.59 Å². The summed E-state index contributed by atoms with van der Waals surface area (Å²) in [5.41, 5.74) is 4.51. The van der Waals surface area contributed by atoms with Crippen LogP contribution in [0.2, 0.25) is 0 Å². The molecular weight excluding hydrogens is 185 g/mol. The molecule has 0 saturated carbocycles. The molecule has 0 saturated heterocycles. The molecule has 12 heavy (non-hydrogen) atoms. The van der Waals surface area contributed by atoms with Crippen molar-refractivity contribution in [2.45, 2.75) is 6.29 Å². The Balaban J connectivity index is -0.000000126. The van der Waals surface area contributed by atoms with E-state index in [0.717, 1.165) is 0 Å². The number of aliphatic hydroxyl groups is 2. The van der Waals surface area contributed by atoms with Gasteiger partial charge in [0.2, 0.25) is 0 Å². The van der Waals surface area contributed by atoms with Crippen LogP contribution in [0, 0.1) is 0 Å². The average Bonchev–Trinajstić information content (AvgIpc) is 1.89. The second-order valence-corrected chi connectivity index (χ2v) is 1.27. The Bertz CT molecular complexity index is 138. The first-order valence-electron chi connectivity index (χ1n) is 2.38. The maximum atomic E-state index is 9.13. The number of carbonyl (C=O) groups is 2. The van der Waals surface area contributed by atoms with Crippen LogP contribution >= 0.6 is 0 Å². The van der Waals surface area contributed by atoms with E-state index in [0.29, 0.717) is 0 Å². The topological polar surface area (TPSA) is 147 Å². The van der Waals surface area contributed by atoms with Crippen LogP contribution in [0.1, 0.15) is 0 Å². The summed E-state index contributed by atoms with van der Waals surface area (Å²) in [5, 5.41) is 33.3. The van der Waals surface area contributed by atoms with E-state index in [1.165, 1.54) is 0 Å². The summed E-state index contributed by atoms with van der Waals surface area (Å²) < 4.78 is 0. The summed E-state index contributed by atoms with van der Waals surface area (Å²) in [7, 11) is 0. The maximum absolute atomic E-state index is 9.13. The molecule has 0 aliphatic rings. The number of aliphatic carboxylic acids is 2. The third-order valence-electron chi connectivity index (χ3n) is 0.377. The van der Waals surface area contributed by atoms with E-state index in [9.17, 15) is 0 Å². The molecule has 8 heteroatoms. The first kappa shape index (κ1) is 17.4. The fourth-order valence-electron chi connectivity index (χ4n) is 0. The molecule has 0 aromatic rings. The number of rotatable bonds is 2. The Kier molecular flexibility index (Phi) is 15.0. The van der Waals surface area contributed by atoms with Gasteiger partial charge in [0, 0.05) is 6.54 Å². The standard InChI is InChI=1S/C2H5NO2.C2H4O4.Al/c3-1-2(4)5;3-1(4)2(5)6;/h1,3H2,(H,4,5);1,3-4H,(H,5,6);/q;;+2/p-2. The fraction of sp³-hybridized carbons (Fsp3) is 0.500. The van der Waals surface area contributed by atoms with Crippen LogP contribution < -0.4 is 15.9 Å². The van der Waals surface area contributed by atoms with E-state index in [-0.39, 0.29) is 23.9 Å². The molecule has 0 atom stereocenters. The number of hydrogen-bond donors (Lipinski definition) is 3. The van der Waals surface area contributed by atoms with Gasteiger partial charge in [-0.1, -0.05) is 0 Å². The third kappa shape index (κ3) is 22.8. The summed E-state index contributed by atoms with van der Waals surface area (Å²) in [4.78, 5) is 18.2. The zero-order chi connectivity index (χ0) is 9.44. The van der Waals surface area contributed by atoms with E-state index in [2.05, 4.69) is 5.73 Å². The minimum absolute atomic E-state index is 0. The van der Waals surface area contributed by atoms with Crippen molar-refractivity contribution in [3.05, 3.63) is 0 Å². The monoisotopic (exact) mass is 192 g/mol. The van der Waals surface area contributed by atoms with Gasteiger partial charge >= 0.3 is 17.4 Å². The molecule has 0 aromatic heterocycles. The van der Waals surface area contributed by atoms with E-state index >= 15 is 0 Å². The van der Waals surface area contributed by atoms with Crippen molar-refractivity contribution < 1.29 is 30.0 Å². The zero-order valence-corrected chi connectivity index (χ0v) is 7.12. The second-order valence-electron chi connectivity index (χ2n) is 1.27. The van der Waals surface area contributed by atoms with E-state index < -0.39 is 18.2 Å². The van der Waals surface area contributed by atoms with Crippen molar-refractivity contribution in [3.8, 4) is 0 Å². The first-order valence-corrected chi connectivity index (χ1v) is 2.38. The smallest absolute Gasteiger partial charge is 0.549 e. The molecule has 0 heterocycles. The van der Waals surface area contributed by atoms with Gasteiger partial charge in [-0.05, 0) is 0 Å². The van der Waals surface area contributed by atoms with Crippen LogP contribution in [0.15, 0.2) is 0 Å². The molecule has 67 valence electrons. The SMILES string of the molecule is NCC(=O)[O-].O=C([O-])C(O)O.[Al+2]. The Morgan fingerprint density at radius 2 is 1.50 bits per heavy atom. The van der Waals surface area contributed by atoms with Gasteiger partial charge in [-0.2, -0.15) is 0 Å². The number of nitrogens with two attached hydrogens (primary N) is 1. The van der Waals surface area contributed by atoms with Crippen LogP contribution in [0.25, 0.3) is 0 Å². The summed E-state index contributed by atoms with van der Waals surface area (Å²) in [6, 6.07) is 0. The van der Waals surface area contributed by atoms with Gasteiger partial charge < -0.3 is 35.7 Å². The Labute approximate surface area is 78.6 Å². The van der Waals surface area contributed by atoms with Crippen molar-refractivity contribution in [2.75, 3.05) is 6.54 Å². The van der Waals surface area contributed by atoms with Crippen molar-refractivity contribution in [3.63, 3.8) is 0 Å². The second kappa shape index (κ2) is 10.4. The minimum atomic E-state index is -2.34. The molecule has 7 nitrogen and oxygen atoms in total. The van der Waals surface area contributed by atoms with Gasteiger partial charge in [-0.25, -0.2) is 0 Å². The van der Waals surface area contributed by atoms with E-state index in [1.54, 1.807) is 0 Å². The molecule has 0 aromatic carbocycles. The number of carbonyl (C=O) groups excluding carboxylic acids is 2. The predicted octanol–water partition coefficient (Wildman–Crippen LogP) is -5.64. The molecule has 4 N–H and O–H groups in total. The van der Waals surface area contributed by atoms with Crippen molar-refractivity contribution in [1.29, 1.82) is 0 Å². The minimum Gasteiger partial charge on any atom is -0.549 e. The first-order chi connectivity index (χ1) is 4.91. The average molecular weight is 192 g/mol. The molecule has 0 fully saturated rings. The summed E-state index contributed by atoms with van der Waals surface area (Å²) in [6.07, 6.45) is -2.34. The molecule has 0 bridgehead atoms. The summed E-state index contributed by atoms with van der Waals surface area (Å²) >= 11 is 0. The van der Waals surface area contributed by atoms with Crippen molar-refractivity contribution in [2.24, 2.45) is 5.73 Å². The Morgan fingerprint density at radius 1 is 1.33 bits per heavy atom. The van der Waals surface area contributed by atoms with Crippen molar-refractivity contribution >= 4 is 29.3 Å². The Hall–Kier alpha value is -0.648. The molecule has 0 aliphatic carbocycles. The normalized spacial score (nSPS) is 7.67. The Morgan fingerprint density at radius 3 is 1.50 bits per heavy atom. The number of hydrogen-bond acceptors (Lipinski definition) is 7. The van der Waals surface area contributed by atoms with Gasteiger partial charge in [0.05, 0.1) is 11.9 Å². The molecule has 0 amide bonds. The third-order valence-corrected chi connectivity index (χ3v) is 0.377. The number of aliphatic hydroxyl groups excluding tert-OH is 1. The van der Waals surface area contributed by atoms with Crippen molar-refractivity contribution in [1.82, 2.24) is 0 Å². The van der Waals surface area contributed by atoms with Gasteiger partial charge in [0.15, 0.2) is 6.29 Å². The quantitative estimate of drug-likeness (QED) is 0.291. The van der Waals surface area contributed by atoms with Gasteiger partial charge in [-0.3, -0.25) is 0 Å². The molecule has 1 radical (unpaired) electrons. The summed E-state index contributed by atoms with van der Waals surface area (Å²) in [6.45, 7) is -0.389. The van der Waals surface area contributed by atoms with E-state index in [4.69, 9.17) is 30.0 Å². The maximum Gasteiger partial charge on any atom is 2.00 e. The molecule has 0 unspecified atom stereocenters. The van der Waals surface area contributed by atoms with Crippen LogP contribution in [0.5, 0.6) is 0 Å².